The molecule has 21 heavy (non-hydrogen) atoms. The van der Waals surface area contributed by atoms with E-state index in [0.717, 1.165) is 28.1 Å². The summed E-state index contributed by atoms with van der Waals surface area (Å²) in [4.78, 5) is 10.9. The van der Waals surface area contributed by atoms with Crippen LogP contribution in [0.1, 0.15) is 16.8 Å². The van der Waals surface area contributed by atoms with Crippen LogP contribution >= 0.6 is 11.8 Å². The molecule has 1 heterocycles. The van der Waals surface area contributed by atoms with Gasteiger partial charge in [0.1, 0.15) is 5.82 Å². The Hall–Kier alpha value is -2.01. The zero-order chi connectivity index (χ0) is 15.6. The van der Waals surface area contributed by atoms with Crippen LogP contribution in [-0.4, -0.2) is 30.3 Å². The summed E-state index contributed by atoms with van der Waals surface area (Å²) in [5.74, 6) is 0.510. The number of benzene rings is 1. The molecule has 0 saturated carbocycles. The highest BCUT2D eigenvalue weighted by molar-refractivity contribution is 7.98. The summed E-state index contributed by atoms with van der Waals surface area (Å²) in [6.07, 6.45) is 1.93. The quantitative estimate of drug-likeness (QED) is 0.694. The second-order valence-corrected chi connectivity index (χ2v) is 5.76. The summed E-state index contributed by atoms with van der Waals surface area (Å²) in [5.41, 5.74) is 10.7. The third-order valence-electron chi connectivity index (χ3n) is 3.36. The average molecular weight is 300 g/mol. The van der Waals surface area contributed by atoms with E-state index in [4.69, 9.17) is 5.73 Å². The van der Waals surface area contributed by atoms with Crippen LogP contribution in [0.15, 0.2) is 36.0 Å². The lowest BCUT2D eigenvalue weighted by Crippen LogP contribution is -2.08. The molecule has 0 aliphatic carbocycles. The monoisotopic (exact) mass is 300 g/mol. The second-order valence-electron chi connectivity index (χ2n) is 4.99. The molecule has 4 nitrogen and oxygen atoms in total. The van der Waals surface area contributed by atoms with E-state index in [1.54, 1.807) is 0 Å². The van der Waals surface area contributed by atoms with E-state index >= 15 is 0 Å². The molecule has 1 aromatic heterocycles. The van der Waals surface area contributed by atoms with Crippen molar-refractivity contribution >= 4 is 28.8 Å². The van der Waals surface area contributed by atoms with Crippen molar-refractivity contribution in [2.75, 3.05) is 31.0 Å². The number of thioether (sulfide) groups is 1. The SMILES string of the molecule is C=C(c1ccc(N(C)C)cc1)c1nc(SC)nc(N)c1C. The third-order valence-corrected chi connectivity index (χ3v) is 3.91. The van der Waals surface area contributed by atoms with E-state index in [9.17, 15) is 0 Å². The topological polar surface area (TPSA) is 55.0 Å². The van der Waals surface area contributed by atoms with Crippen LogP contribution in [0.4, 0.5) is 11.5 Å². The van der Waals surface area contributed by atoms with Gasteiger partial charge in [-0.15, -0.1) is 0 Å². The predicted octanol–water partition coefficient (Wildman–Crippen LogP) is 3.22. The van der Waals surface area contributed by atoms with Crippen LogP contribution < -0.4 is 10.6 Å². The zero-order valence-electron chi connectivity index (χ0n) is 12.8. The minimum atomic E-state index is 0.510. The minimum Gasteiger partial charge on any atom is -0.383 e. The average Bonchev–Trinajstić information content (AvgIpc) is 2.49. The van der Waals surface area contributed by atoms with Gasteiger partial charge in [0.05, 0.1) is 5.69 Å². The molecule has 1 aromatic carbocycles. The molecule has 0 atom stereocenters. The Labute approximate surface area is 130 Å². The Bertz CT molecular complexity index is 663. The maximum absolute atomic E-state index is 5.96. The van der Waals surface area contributed by atoms with Gasteiger partial charge in [0.15, 0.2) is 5.16 Å². The van der Waals surface area contributed by atoms with Crippen LogP contribution in [0.2, 0.25) is 0 Å². The molecule has 2 aromatic rings. The molecule has 2 rings (SSSR count). The number of hydrogen-bond donors (Lipinski definition) is 1. The molecule has 0 spiro atoms. The van der Waals surface area contributed by atoms with Gasteiger partial charge in [-0.05, 0) is 30.9 Å². The number of rotatable bonds is 4. The van der Waals surface area contributed by atoms with E-state index < -0.39 is 0 Å². The van der Waals surface area contributed by atoms with Crippen molar-refractivity contribution in [3.63, 3.8) is 0 Å². The maximum Gasteiger partial charge on any atom is 0.189 e. The van der Waals surface area contributed by atoms with E-state index in [1.807, 2.05) is 39.4 Å². The van der Waals surface area contributed by atoms with Gasteiger partial charge >= 0.3 is 0 Å². The van der Waals surface area contributed by atoms with Gasteiger partial charge < -0.3 is 10.6 Å². The molecule has 0 bridgehead atoms. The van der Waals surface area contributed by atoms with Crippen molar-refractivity contribution in [2.24, 2.45) is 0 Å². The van der Waals surface area contributed by atoms with Crippen LogP contribution in [0.3, 0.4) is 0 Å². The predicted molar refractivity (Wildman–Crippen MR) is 91.9 cm³/mol. The molecule has 2 N–H and O–H groups in total. The van der Waals surface area contributed by atoms with Gasteiger partial charge in [-0.25, -0.2) is 9.97 Å². The summed E-state index contributed by atoms with van der Waals surface area (Å²) in [6.45, 7) is 6.10. The molecule has 110 valence electrons. The Morgan fingerprint density at radius 3 is 2.33 bits per heavy atom. The molecule has 0 radical (unpaired) electrons. The minimum absolute atomic E-state index is 0.510. The Morgan fingerprint density at radius 1 is 1.19 bits per heavy atom. The van der Waals surface area contributed by atoms with Gasteiger partial charge in [-0.2, -0.15) is 0 Å². The number of nitrogens with two attached hydrogens (primary N) is 1. The largest absolute Gasteiger partial charge is 0.383 e. The van der Waals surface area contributed by atoms with Gasteiger partial charge in [0.25, 0.3) is 0 Å². The smallest absolute Gasteiger partial charge is 0.189 e. The fourth-order valence-electron chi connectivity index (χ4n) is 2.00. The summed E-state index contributed by atoms with van der Waals surface area (Å²) >= 11 is 1.47. The summed E-state index contributed by atoms with van der Waals surface area (Å²) < 4.78 is 0. The molecule has 0 unspecified atom stereocenters. The van der Waals surface area contributed by atoms with Gasteiger partial charge in [-0.3, -0.25) is 0 Å². The highest BCUT2D eigenvalue weighted by Gasteiger charge is 2.13. The fraction of sp³-hybridized carbons (Fsp3) is 0.250. The first-order valence-electron chi connectivity index (χ1n) is 6.59. The standard InChI is InChI=1S/C16H20N4S/c1-10(12-6-8-13(9-7-12)20(3)4)14-11(2)15(17)19-16(18-14)21-5/h6-9H,1H2,2-5H3,(H2,17,18,19). The lowest BCUT2D eigenvalue weighted by molar-refractivity contribution is 0.948. The van der Waals surface area contributed by atoms with Crippen molar-refractivity contribution in [1.82, 2.24) is 9.97 Å². The summed E-state index contributed by atoms with van der Waals surface area (Å²) in [6, 6.07) is 8.23. The zero-order valence-corrected chi connectivity index (χ0v) is 13.7. The van der Waals surface area contributed by atoms with E-state index in [2.05, 4.69) is 33.6 Å². The Kier molecular flexibility index (Phi) is 4.53. The van der Waals surface area contributed by atoms with Crippen LogP contribution in [-0.2, 0) is 0 Å². The van der Waals surface area contributed by atoms with Crippen molar-refractivity contribution < 1.29 is 0 Å². The molecule has 0 amide bonds. The van der Waals surface area contributed by atoms with Crippen molar-refractivity contribution in [2.45, 2.75) is 12.1 Å². The second kappa shape index (κ2) is 6.18. The van der Waals surface area contributed by atoms with Gasteiger partial charge in [-0.1, -0.05) is 30.5 Å². The fourth-order valence-corrected chi connectivity index (χ4v) is 2.37. The van der Waals surface area contributed by atoms with Crippen molar-refractivity contribution in [3.8, 4) is 0 Å². The number of nitrogen functional groups attached to an aromatic ring is 1. The molecule has 0 saturated heterocycles. The molecular formula is C16H20N4S. The van der Waals surface area contributed by atoms with Gasteiger partial charge in [0.2, 0.25) is 0 Å². The van der Waals surface area contributed by atoms with E-state index in [0.29, 0.717) is 11.0 Å². The first-order chi connectivity index (χ1) is 9.93. The summed E-state index contributed by atoms with van der Waals surface area (Å²) in [7, 11) is 4.04. The molecule has 0 fully saturated rings. The molecule has 0 aliphatic heterocycles. The molecule has 5 heteroatoms. The van der Waals surface area contributed by atoms with Gasteiger partial charge in [0, 0.05) is 30.9 Å². The van der Waals surface area contributed by atoms with Crippen molar-refractivity contribution in [3.05, 3.63) is 47.7 Å². The Balaban J connectivity index is 2.42. The number of anilines is 2. The molecular weight excluding hydrogens is 280 g/mol. The number of nitrogens with zero attached hydrogens (tertiary/aromatic N) is 3. The highest BCUT2D eigenvalue weighted by Crippen LogP contribution is 2.28. The highest BCUT2D eigenvalue weighted by atomic mass is 32.2. The van der Waals surface area contributed by atoms with Crippen LogP contribution in [0, 0.1) is 6.92 Å². The third kappa shape index (κ3) is 3.19. The van der Waals surface area contributed by atoms with Crippen LogP contribution in [0.25, 0.3) is 5.57 Å². The lowest BCUT2D eigenvalue weighted by Gasteiger charge is -2.15. The number of hydrogen-bond acceptors (Lipinski definition) is 5. The van der Waals surface area contributed by atoms with Crippen LogP contribution in [0.5, 0.6) is 0 Å². The lowest BCUT2D eigenvalue weighted by atomic mass is 10.0. The first kappa shape index (κ1) is 15.4. The Morgan fingerprint density at radius 2 is 1.81 bits per heavy atom. The molecule has 0 aliphatic rings. The maximum atomic E-state index is 5.96. The van der Waals surface area contributed by atoms with Crippen molar-refractivity contribution in [1.29, 1.82) is 0 Å². The number of aromatic nitrogens is 2. The normalized spacial score (nSPS) is 10.5. The van der Waals surface area contributed by atoms with E-state index in [1.165, 1.54) is 11.8 Å². The summed E-state index contributed by atoms with van der Waals surface area (Å²) in [5, 5.41) is 0.666. The van der Waals surface area contributed by atoms with E-state index in [-0.39, 0.29) is 0 Å². The first-order valence-corrected chi connectivity index (χ1v) is 7.81.